The normalized spacial score (nSPS) is 13.8. The summed E-state index contributed by atoms with van der Waals surface area (Å²) < 4.78 is 0. The van der Waals surface area contributed by atoms with Gasteiger partial charge in [-0.15, -0.1) is 0 Å². The van der Waals surface area contributed by atoms with Crippen molar-refractivity contribution in [2.75, 3.05) is 5.73 Å². The minimum absolute atomic E-state index is 0.00894. The molecule has 1 rings (SSSR count). The lowest BCUT2D eigenvalue weighted by atomic mass is 9.98. The summed E-state index contributed by atoms with van der Waals surface area (Å²) in [6.07, 6.45) is -3.33. The molecule has 1 aromatic rings. The van der Waals surface area contributed by atoms with Crippen molar-refractivity contribution >= 4 is 17.3 Å². The number of nitrogens with two attached hydrogens (primary N) is 2. The number of nitro groups is 1. The lowest BCUT2D eigenvalue weighted by Gasteiger charge is -2.17. The first-order valence-electron chi connectivity index (χ1n) is 5.43. The van der Waals surface area contributed by atoms with Crippen LogP contribution in [0.4, 0.5) is 11.4 Å². The van der Waals surface area contributed by atoms with E-state index in [2.05, 4.69) is 0 Å². The third kappa shape index (κ3) is 3.39. The van der Waals surface area contributed by atoms with Gasteiger partial charge in [-0.05, 0) is 18.1 Å². The Morgan fingerprint density at radius 3 is 2.53 bits per heavy atom. The number of nitrogen functional groups attached to an aromatic ring is 1. The molecule has 0 aliphatic rings. The summed E-state index contributed by atoms with van der Waals surface area (Å²) in [5.74, 6) is -0.784. The van der Waals surface area contributed by atoms with E-state index in [-0.39, 0.29) is 16.9 Å². The van der Waals surface area contributed by atoms with Gasteiger partial charge in [0.05, 0.1) is 17.4 Å². The van der Waals surface area contributed by atoms with E-state index in [4.69, 9.17) is 11.5 Å². The molecule has 6 N–H and O–H groups in total. The Morgan fingerprint density at radius 1 is 1.47 bits per heavy atom. The summed E-state index contributed by atoms with van der Waals surface area (Å²) in [7, 11) is 0. The number of hydrogen-bond donors (Lipinski definition) is 4. The van der Waals surface area contributed by atoms with Crippen molar-refractivity contribution in [1.82, 2.24) is 0 Å². The first kappa shape index (κ1) is 14.9. The van der Waals surface area contributed by atoms with Gasteiger partial charge >= 0.3 is 0 Å². The van der Waals surface area contributed by atoms with Gasteiger partial charge < -0.3 is 21.7 Å². The van der Waals surface area contributed by atoms with Crippen LogP contribution in [0.3, 0.4) is 0 Å². The first-order valence-corrected chi connectivity index (χ1v) is 5.43. The molecule has 19 heavy (non-hydrogen) atoms. The molecule has 0 spiro atoms. The highest BCUT2D eigenvalue weighted by molar-refractivity contribution is 5.74. The van der Waals surface area contributed by atoms with Crippen molar-refractivity contribution in [1.29, 1.82) is 0 Å². The van der Waals surface area contributed by atoms with Crippen molar-refractivity contribution in [2.45, 2.75) is 25.6 Å². The van der Waals surface area contributed by atoms with Gasteiger partial charge in [0.2, 0.25) is 5.91 Å². The summed E-state index contributed by atoms with van der Waals surface area (Å²) in [6, 6.07) is 2.48. The summed E-state index contributed by atoms with van der Waals surface area (Å²) in [4.78, 5) is 20.8. The maximum atomic E-state index is 10.8. The van der Waals surface area contributed by atoms with Gasteiger partial charge in [-0.25, -0.2) is 0 Å². The molecule has 0 saturated carbocycles. The quantitative estimate of drug-likeness (QED) is 0.328. The zero-order valence-electron chi connectivity index (χ0n) is 10.2. The fourth-order valence-corrected chi connectivity index (χ4v) is 1.67. The first-order chi connectivity index (χ1) is 8.73. The Kier molecular flexibility index (Phi) is 4.41. The molecule has 0 radical (unpaired) electrons. The highest BCUT2D eigenvalue weighted by atomic mass is 16.6. The Morgan fingerprint density at radius 2 is 2.05 bits per heavy atom. The van der Waals surface area contributed by atoms with Crippen molar-refractivity contribution < 1.29 is 19.9 Å². The van der Waals surface area contributed by atoms with Crippen LogP contribution in [0.5, 0.6) is 0 Å². The van der Waals surface area contributed by atoms with E-state index in [0.29, 0.717) is 5.56 Å². The number of carbonyl (C=O) groups is 1. The molecular formula is C11H15N3O5. The highest BCUT2D eigenvalue weighted by Crippen LogP contribution is 2.30. The van der Waals surface area contributed by atoms with E-state index in [1.165, 1.54) is 6.07 Å². The molecule has 0 heterocycles. The molecule has 104 valence electrons. The molecule has 0 saturated heterocycles. The molecule has 2 unspecified atom stereocenters. The number of primary amides is 1. The van der Waals surface area contributed by atoms with Crippen LogP contribution in [0, 0.1) is 17.0 Å². The molecule has 0 aliphatic heterocycles. The van der Waals surface area contributed by atoms with E-state index in [0.717, 1.165) is 6.07 Å². The lowest BCUT2D eigenvalue weighted by Crippen LogP contribution is -2.25. The lowest BCUT2D eigenvalue weighted by molar-refractivity contribution is -0.384. The maximum absolute atomic E-state index is 10.8. The molecule has 1 amide bonds. The van der Waals surface area contributed by atoms with Gasteiger partial charge in [-0.2, -0.15) is 0 Å². The van der Waals surface area contributed by atoms with E-state index in [1.807, 2.05) is 0 Å². The predicted octanol–water partition coefficient (Wildman–Crippen LogP) is -0.245. The van der Waals surface area contributed by atoms with Crippen molar-refractivity contribution in [3.8, 4) is 0 Å². The standard InChI is InChI=1S/C11H15N3O5/c1-5-2-6(3-7(10(5)13)14(18)19)11(17)8(15)4-9(12)16/h2-3,8,11,15,17H,4,13H2,1H3,(H2,12,16). The van der Waals surface area contributed by atoms with Gasteiger partial charge in [0, 0.05) is 6.07 Å². The second kappa shape index (κ2) is 5.63. The van der Waals surface area contributed by atoms with E-state index < -0.39 is 29.5 Å². The molecule has 0 aromatic heterocycles. The minimum atomic E-state index is -1.45. The fraction of sp³-hybridized carbons (Fsp3) is 0.364. The zero-order valence-corrected chi connectivity index (χ0v) is 10.2. The predicted molar refractivity (Wildman–Crippen MR) is 67.0 cm³/mol. The monoisotopic (exact) mass is 269 g/mol. The van der Waals surface area contributed by atoms with Crippen LogP contribution in [0.2, 0.25) is 0 Å². The molecule has 0 fully saturated rings. The third-order valence-corrected chi connectivity index (χ3v) is 2.70. The van der Waals surface area contributed by atoms with E-state index in [9.17, 15) is 25.1 Å². The van der Waals surface area contributed by atoms with Crippen LogP contribution in [-0.4, -0.2) is 27.1 Å². The summed E-state index contributed by atoms with van der Waals surface area (Å²) in [5.41, 5.74) is 10.6. The van der Waals surface area contributed by atoms with Gasteiger partial charge in [-0.3, -0.25) is 14.9 Å². The number of rotatable bonds is 5. The van der Waals surface area contributed by atoms with Crippen LogP contribution in [0.1, 0.15) is 23.7 Å². The minimum Gasteiger partial charge on any atom is -0.393 e. The summed E-state index contributed by atoms with van der Waals surface area (Å²) in [6.45, 7) is 1.54. The number of benzene rings is 1. The number of nitrogens with zero attached hydrogens (tertiary/aromatic N) is 1. The van der Waals surface area contributed by atoms with Crippen LogP contribution in [-0.2, 0) is 4.79 Å². The van der Waals surface area contributed by atoms with E-state index >= 15 is 0 Å². The molecule has 2 atom stereocenters. The number of aliphatic hydroxyl groups is 2. The van der Waals surface area contributed by atoms with Crippen LogP contribution in [0.25, 0.3) is 0 Å². The van der Waals surface area contributed by atoms with Crippen molar-refractivity contribution in [2.24, 2.45) is 5.73 Å². The Bertz CT molecular complexity index is 517. The Balaban J connectivity index is 3.14. The van der Waals surface area contributed by atoms with E-state index in [1.54, 1.807) is 6.92 Å². The van der Waals surface area contributed by atoms with Crippen LogP contribution < -0.4 is 11.5 Å². The number of carbonyl (C=O) groups excluding carboxylic acids is 1. The molecule has 8 heteroatoms. The average Bonchev–Trinajstić information content (AvgIpc) is 2.30. The topological polar surface area (TPSA) is 153 Å². The third-order valence-electron chi connectivity index (χ3n) is 2.70. The zero-order chi connectivity index (χ0) is 14.7. The number of hydrogen-bond acceptors (Lipinski definition) is 6. The maximum Gasteiger partial charge on any atom is 0.292 e. The highest BCUT2D eigenvalue weighted by Gasteiger charge is 2.24. The molecule has 8 nitrogen and oxygen atoms in total. The summed E-state index contributed by atoms with van der Waals surface area (Å²) in [5, 5.41) is 30.2. The number of aryl methyl sites for hydroxylation is 1. The number of nitro benzene ring substituents is 1. The summed E-state index contributed by atoms with van der Waals surface area (Å²) >= 11 is 0. The largest absolute Gasteiger partial charge is 0.393 e. The van der Waals surface area contributed by atoms with Crippen molar-refractivity contribution in [3.05, 3.63) is 33.4 Å². The van der Waals surface area contributed by atoms with Crippen molar-refractivity contribution in [3.63, 3.8) is 0 Å². The fourth-order valence-electron chi connectivity index (χ4n) is 1.67. The molecular weight excluding hydrogens is 254 g/mol. The smallest absolute Gasteiger partial charge is 0.292 e. The second-order valence-electron chi connectivity index (χ2n) is 4.21. The number of aliphatic hydroxyl groups excluding tert-OH is 2. The average molecular weight is 269 g/mol. The SMILES string of the molecule is Cc1cc(C(O)C(O)CC(N)=O)cc([N+](=O)[O-])c1N. The van der Waals surface area contributed by atoms with Gasteiger partial charge in [0.1, 0.15) is 11.8 Å². The number of amides is 1. The molecule has 0 bridgehead atoms. The number of anilines is 1. The molecule has 0 aliphatic carbocycles. The molecule has 1 aromatic carbocycles. The second-order valence-corrected chi connectivity index (χ2v) is 4.21. The Labute approximate surface area is 108 Å². The Hall–Kier alpha value is -2.19. The van der Waals surface area contributed by atoms with Gasteiger partial charge in [0.15, 0.2) is 0 Å². The van der Waals surface area contributed by atoms with Gasteiger partial charge in [-0.1, -0.05) is 6.07 Å². The van der Waals surface area contributed by atoms with Crippen LogP contribution in [0.15, 0.2) is 12.1 Å². The van der Waals surface area contributed by atoms with Crippen LogP contribution >= 0.6 is 0 Å². The van der Waals surface area contributed by atoms with Gasteiger partial charge in [0.25, 0.3) is 5.69 Å².